The van der Waals surface area contributed by atoms with Crippen LogP contribution in [0, 0.1) is 0 Å². The monoisotopic (exact) mass is 334 g/mol. The number of rotatable bonds is 5. The fourth-order valence-electron chi connectivity index (χ4n) is 1.91. The molecule has 0 atom stereocenters. The first-order valence-electron chi connectivity index (χ1n) is 8.19. The van der Waals surface area contributed by atoms with Crippen molar-refractivity contribution in [3.8, 4) is 0 Å². The van der Waals surface area contributed by atoms with E-state index in [0.717, 1.165) is 5.69 Å². The zero-order chi connectivity index (χ0) is 18.3. The number of benzene rings is 1. The smallest absolute Gasteiger partial charge is 0.410 e. The van der Waals surface area contributed by atoms with Gasteiger partial charge >= 0.3 is 6.09 Å². The molecule has 1 aromatic carbocycles. The van der Waals surface area contributed by atoms with E-state index in [1.54, 1.807) is 7.05 Å². The van der Waals surface area contributed by atoms with Crippen molar-refractivity contribution < 1.29 is 9.53 Å². The van der Waals surface area contributed by atoms with Gasteiger partial charge in [-0.15, -0.1) is 0 Å². The van der Waals surface area contributed by atoms with Crippen LogP contribution >= 0.6 is 0 Å². The molecule has 0 aliphatic heterocycles. The molecule has 0 radical (unpaired) electrons. The first-order valence-corrected chi connectivity index (χ1v) is 8.19. The van der Waals surface area contributed by atoms with E-state index in [1.165, 1.54) is 10.5 Å². The van der Waals surface area contributed by atoms with Crippen LogP contribution in [0.3, 0.4) is 0 Å². The number of ether oxygens (including phenoxy) is 1. The Balaban J connectivity index is 2.50. The number of anilines is 1. The van der Waals surface area contributed by atoms with Gasteiger partial charge in [-0.1, -0.05) is 26.0 Å². The summed E-state index contributed by atoms with van der Waals surface area (Å²) in [4.78, 5) is 17.6. The third-order valence-corrected chi connectivity index (χ3v) is 3.25. The molecular weight excluding hydrogens is 304 g/mol. The molecule has 0 bridgehead atoms. The lowest BCUT2D eigenvalue weighted by Crippen LogP contribution is -2.36. The number of likely N-dealkylation sites (N-methyl/N-ethyl adjacent to an activating group) is 1. The highest BCUT2D eigenvalue weighted by Gasteiger charge is 2.19. The molecule has 0 saturated carbocycles. The largest absolute Gasteiger partial charge is 0.444 e. The fraction of sp³-hybridized carbons (Fsp3) is 0.556. The average Bonchev–Trinajstić information content (AvgIpc) is 2.45. The SMILES string of the molecule is CC(C)c1cccc(NC(N)=NCCN(C)C(=O)OC(C)(C)C)c1. The number of carbonyl (C=O) groups is 1. The molecule has 1 aromatic rings. The van der Waals surface area contributed by atoms with E-state index in [4.69, 9.17) is 10.5 Å². The number of nitrogens with zero attached hydrogens (tertiary/aromatic N) is 2. The second-order valence-corrected chi connectivity index (χ2v) is 7.07. The Morgan fingerprint density at radius 3 is 2.62 bits per heavy atom. The van der Waals surface area contributed by atoms with Crippen molar-refractivity contribution >= 4 is 17.7 Å². The maximum Gasteiger partial charge on any atom is 0.410 e. The maximum atomic E-state index is 11.8. The van der Waals surface area contributed by atoms with Crippen molar-refractivity contribution in [2.45, 2.75) is 46.1 Å². The molecule has 0 aliphatic carbocycles. The number of aliphatic imine (C=N–C) groups is 1. The van der Waals surface area contributed by atoms with E-state index in [0.29, 0.717) is 25.0 Å². The van der Waals surface area contributed by atoms with E-state index in [-0.39, 0.29) is 6.09 Å². The molecule has 24 heavy (non-hydrogen) atoms. The van der Waals surface area contributed by atoms with Crippen LogP contribution in [0.5, 0.6) is 0 Å². The average molecular weight is 334 g/mol. The second-order valence-electron chi connectivity index (χ2n) is 7.07. The number of amides is 1. The molecule has 6 heteroatoms. The van der Waals surface area contributed by atoms with Crippen molar-refractivity contribution in [3.05, 3.63) is 29.8 Å². The number of nitrogens with two attached hydrogens (primary N) is 1. The number of hydrogen-bond donors (Lipinski definition) is 2. The summed E-state index contributed by atoms with van der Waals surface area (Å²) in [6, 6.07) is 8.07. The first-order chi connectivity index (χ1) is 11.1. The highest BCUT2D eigenvalue weighted by atomic mass is 16.6. The second kappa shape index (κ2) is 8.57. The lowest BCUT2D eigenvalue weighted by Gasteiger charge is -2.24. The third-order valence-electron chi connectivity index (χ3n) is 3.25. The topological polar surface area (TPSA) is 80.0 Å². The normalized spacial score (nSPS) is 12.2. The van der Waals surface area contributed by atoms with E-state index < -0.39 is 5.60 Å². The number of guanidine groups is 1. The Morgan fingerprint density at radius 1 is 1.38 bits per heavy atom. The minimum absolute atomic E-state index is 0.327. The molecule has 134 valence electrons. The first kappa shape index (κ1) is 19.8. The van der Waals surface area contributed by atoms with Gasteiger partial charge in [0.2, 0.25) is 0 Å². The van der Waals surface area contributed by atoms with Crippen LogP contribution in [0.25, 0.3) is 0 Å². The van der Waals surface area contributed by atoms with Crippen molar-refractivity contribution in [1.82, 2.24) is 4.90 Å². The van der Waals surface area contributed by atoms with Gasteiger partial charge < -0.3 is 20.7 Å². The summed E-state index contributed by atoms with van der Waals surface area (Å²) in [5.41, 5.74) is 7.54. The highest BCUT2D eigenvalue weighted by Crippen LogP contribution is 2.18. The van der Waals surface area contributed by atoms with Gasteiger partial charge in [-0.2, -0.15) is 0 Å². The number of carbonyl (C=O) groups excluding carboxylic acids is 1. The van der Waals surface area contributed by atoms with Crippen molar-refractivity contribution in [2.24, 2.45) is 10.7 Å². The fourth-order valence-corrected chi connectivity index (χ4v) is 1.91. The minimum Gasteiger partial charge on any atom is -0.444 e. The Hall–Kier alpha value is -2.24. The predicted molar refractivity (Wildman–Crippen MR) is 99.5 cm³/mol. The Kier molecular flexibility index (Phi) is 7.07. The van der Waals surface area contributed by atoms with Crippen LogP contribution in [0.1, 0.15) is 46.1 Å². The highest BCUT2D eigenvalue weighted by molar-refractivity contribution is 5.92. The van der Waals surface area contributed by atoms with Gasteiger partial charge in [-0.3, -0.25) is 4.99 Å². The summed E-state index contributed by atoms with van der Waals surface area (Å²) < 4.78 is 5.28. The van der Waals surface area contributed by atoms with Crippen LogP contribution in [0.15, 0.2) is 29.3 Å². The van der Waals surface area contributed by atoms with Crippen molar-refractivity contribution in [1.29, 1.82) is 0 Å². The molecule has 0 unspecified atom stereocenters. The van der Waals surface area contributed by atoms with Crippen molar-refractivity contribution in [2.75, 3.05) is 25.5 Å². The summed E-state index contributed by atoms with van der Waals surface area (Å²) >= 11 is 0. The van der Waals surface area contributed by atoms with Crippen LogP contribution in [0.2, 0.25) is 0 Å². The van der Waals surface area contributed by atoms with Crippen LogP contribution in [0.4, 0.5) is 10.5 Å². The molecule has 0 aromatic heterocycles. The van der Waals surface area contributed by atoms with Gasteiger partial charge in [0.1, 0.15) is 5.60 Å². The Bertz CT molecular complexity index is 577. The molecule has 0 fully saturated rings. The maximum absolute atomic E-state index is 11.8. The van der Waals surface area contributed by atoms with Gasteiger partial charge in [0.05, 0.1) is 6.54 Å². The summed E-state index contributed by atoms with van der Waals surface area (Å²) in [5.74, 6) is 0.779. The van der Waals surface area contributed by atoms with E-state index in [1.807, 2.05) is 32.9 Å². The van der Waals surface area contributed by atoms with E-state index in [2.05, 4.69) is 36.3 Å². The van der Waals surface area contributed by atoms with Crippen LogP contribution in [-0.4, -0.2) is 42.7 Å². The van der Waals surface area contributed by atoms with Gasteiger partial charge in [-0.25, -0.2) is 4.79 Å². The Labute approximate surface area is 145 Å². The summed E-state index contributed by atoms with van der Waals surface area (Å²) in [7, 11) is 1.68. The Morgan fingerprint density at radius 2 is 2.04 bits per heavy atom. The molecular formula is C18H30N4O2. The van der Waals surface area contributed by atoms with E-state index >= 15 is 0 Å². The zero-order valence-corrected chi connectivity index (χ0v) is 15.6. The number of hydrogen-bond acceptors (Lipinski definition) is 3. The molecule has 1 rings (SSSR count). The zero-order valence-electron chi connectivity index (χ0n) is 15.6. The molecule has 0 spiro atoms. The van der Waals surface area contributed by atoms with Gasteiger partial charge in [0.15, 0.2) is 5.96 Å². The van der Waals surface area contributed by atoms with Gasteiger partial charge in [0.25, 0.3) is 0 Å². The van der Waals surface area contributed by atoms with Crippen LogP contribution in [-0.2, 0) is 4.74 Å². The lowest BCUT2D eigenvalue weighted by atomic mass is 10.0. The molecule has 0 aliphatic rings. The molecule has 3 N–H and O–H groups in total. The third kappa shape index (κ3) is 7.35. The predicted octanol–water partition coefficient (Wildman–Crippen LogP) is 3.40. The van der Waals surface area contributed by atoms with Crippen LogP contribution < -0.4 is 11.1 Å². The molecule has 6 nitrogen and oxygen atoms in total. The molecule has 0 heterocycles. The lowest BCUT2D eigenvalue weighted by molar-refractivity contribution is 0.0304. The quantitative estimate of drug-likeness (QED) is 0.639. The molecule has 0 saturated heterocycles. The molecule has 1 amide bonds. The standard InChI is InChI=1S/C18H30N4O2/c1-13(2)14-8-7-9-15(12-14)21-16(19)20-10-11-22(6)17(23)24-18(3,4)5/h7-9,12-13H,10-11H2,1-6H3,(H3,19,20,21). The summed E-state index contributed by atoms with van der Waals surface area (Å²) in [5, 5.41) is 3.07. The van der Waals surface area contributed by atoms with Gasteiger partial charge in [0, 0.05) is 19.3 Å². The summed E-state index contributed by atoms with van der Waals surface area (Å²) in [6.45, 7) is 10.6. The minimum atomic E-state index is -0.503. The van der Waals surface area contributed by atoms with Gasteiger partial charge in [-0.05, 0) is 44.4 Å². The van der Waals surface area contributed by atoms with E-state index in [9.17, 15) is 4.79 Å². The number of nitrogens with one attached hydrogen (secondary N) is 1. The summed E-state index contributed by atoms with van der Waals surface area (Å²) in [6.07, 6.45) is -0.367. The van der Waals surface area contributed by atoms with Crippen molar-refractivity contribution in [3.63, 3.8) is 0 Å².